The molecule has 5 nitrogen and oxygen atoms in total. The zero-order chi connectivity index (χ0) is 13.2. The van der Waals surface area contributed by atoms with Gasteiger partial charge in [-0.2, -0.15) is 0 Å². The number of nitrogens with one attached hydrogen (secondary N) is 1. The van der Waals surface area contributed by atoms with E-state index in [1.54, 1.807) is 6.92 Å². The third-order valence-corrected chi connectivity index (χ3v) is 3.70. The Labute approximate surface area is 102 Å². The summed E-state index contributed by atoms with van der Waals surface area (Å²) < 4.78 is 0. The maximum Gasteiger partial charge on any atom is 0.329 e. The largest absolute Gasteiger partial charge is 0.480 e. The molecule has 0 spiro atoms. The molecule has 1 saturated heterocycles. The second-order valence-electron chi connectivity index (χ2n) is 5.32. The van der Waals surface area contributed by atoms with Crippen molar-refractivity contribution in [3.05, 3.63) is 0 Å². The standard InChI is InChI=1S/C12H22N2O3/c1-8(2)9(3)13-11(17)14-7-5-6-12(14,4)10(15)16/h8-9H,5-7H2,1-4H3,(H,13,17)(H,15,16). The molecule has 17 heavy (non-hydrogen) atoms. The lowest BCUT2D eigenvalue weighted by Gasteiger charge is -2.32. The van der Waals surface area contributed by atoms with Gasteiger partial charge in [-0.1, -0.05) is 13.8 Å². The molecule has 0 radical (unpaired) electrons. The van der Waals surface area contributed by atoms with Crippen LogP contribution < -0.4 is 5.32 Å². The first-order valence-electron chi connectivity index (χ1n) is 6.10. The second-order valence-corrected chi connectivity index (χ2v) is 5.32. The lowest BCUT2D eigenvalue weighted by molar-refractivity contribution is -0.147. The molecule has 1 aliphatic heterocycles. The number of carboxylic acid groups (broad SMARTS) is 1. The van der Waals surface area contributed by atoms with Crippen molar-refractivity contribution in [3.63, 3.8) is 0 Å². The zero-order valence-electron chi connectivity index (χ0n) is 11.0. The summed E-state index contributed by atoms with van der Waals surface area (Å²) in [5.41, 5.74) is -1.05. The summed E-state index contributed by atoms with van der Waals surface area (Å²) in [4.78, 5) is 24.7. The number of carbonyl (C=O) groups is 2. The summed E-state index contributed by atoms with van der Waals surface area (Å²) in [6, 6.07) is -0.227. The molecule has 0 aromatic carbocycles. The van der Waals surface area contributed by atoms with Gasteiger partial charge >= 0.3 is 12.0 Å². The molecule has 2 amide bonds. The summed E-state index contributed by atoms with van der Waals surface area (Å²) in [7, 11) is 0. The molecule has 0 bridgehead atoms. The molecular weight excluding hydrogens is 220 g/mol. The molecule has 2 unspecified atom stereocenters. The predicted molar refractivity (Wildman–Crippen MR) is 64.8 cm³/mol. The van der Waals surface area contributed by atoms with Gasteiger partial charge in [0.15, 0.2) is 0 Å². The van der Waals surface area contributed by atoms with Gasteiger partial charge in [0.2, 0.25) is 0 Å². The fraction of sp³-hybridized carbons (Fsp3) is 0.833. The average molecular weight is 242 g/mol. The number of amides is 2. The van der Waals surface area contributed by atoms with Gasteiger partial charge < -0.3 is 15.3 Å². The van der Waals surface area contributed by atoms with Crippen LogP contribution in [0.4, 0.5) is 4.79 Å². The molecule has 5 heteroatoms. The maximum absolute atomic E-state index is 12.0. The highest BCUT2D eigenvalue weighted by Gasteiger charge is 2.46. The van der Waals surface area contributed by atoms with Crippen LogP contribution in [0.15, 0.2) is 0 Å². The molecule has 1 aliphatic rings. The maximum atomic E-state index is 12.0. The summed E-state index contributed by atoms with van der Waals surface area (Å²) >= 11 is 0. The van der Waals surface area contributed by atoms with Crippen molar-refractivity contribution in [3.8, 4) is 0 Å². The molecule has 2 N–H and O–H groups in total. The third-order valence-electron chi connectivity index (χ3n) is 3.70. The Morgan fingerprint density at radius 2 is 1.94 bits per heavy atom. The van der Waals surface area contributed by atoms with E-state index < -0.39 is 11.5 Å². The van der Waals surface area contributed by atoms with Crippen LogP contribution in [0.1, 0.15) is 40.5 Å². The van der Waals surface area contributed by atoms with Gasteiger partial charge in [0.25, 0.3) is 0 Å². The Morgan fingerprint density at radius 3 is 2.41 bits per heavy atom. The first-order chi connectivity index (χ1) is 7.79. The number of carbonyl (C=O) groups excluding carboxylic acids is 1. The van der Waals surface area contributed by atoms with Gasteiger partial charge in [-0.25, -0.2) is 9.59 Å². The normalized spacial score (nSPS) is 26.1. The number of hydrogen-bond donors (Lipinski definition) is 2. The number of likely N-dealkylation sites (tertiary alicyclic amines) is 1. The molecule has 0 aliphatic carbocycles. The minimum absolute atomic E-state index is 0.0427. The minimum Gasteiger partial charge on any atom is -0.480 e. The quantitative estimate of drug-likeness (QED) is 0.791. The number of nitrogens with zero attached hydrogens (tertiary/aromatic N) is 1. The van der Waals surface area contributed by atoms with E-state index in [0.29, 0.717) is 18.9 Å². The fourth-order valence-electron chi connectivity index (χ4n) is 1.95. The second kappa shape index (κ2) is 4.94. The van der Waals surface area contributed by atoms with E-state index in [-0.39, 0.29) is 12.1 Å². The van der Waals surface area contributed by atoms with Crippen LogP contribution in [0.2, 0.25) is 0 Å². The molecule has 1 rings (SSSR count). The van der Waals surface area contributed by atoms with Crippen LogP contribution in [-0.2, 0) is 4.79 Å². The average Bonchev–Trinajstić information content (AvgIpc) is 2.61. The Balaban J connectivity index is 2.72. The highest BCUT2D eigenvalue weighted by molar-refractivity contribution is 5.86. The van der Waals surface area contributed by atoms with Crippen molar-refractivity contribution in [1.29, 1.82) is 0 Å². The van der Waals surface area contributed by atoms with Crippen LogP contribution in [0.3, 0.4) is 0 Å². The lowest BCUT2D eigenvalue weighted by Crippen LogP contribution is -2.55. The van der Waals surface area contributed by atoms with E-state index in [1.165, 1.54) is 4.90 Å². The van der Waals surface area contributed by atoms with Crippen LogP contribution in [0, 0.1) is 5.92 Å². The number of hydrogen-bond acceptors (Lipinski definition) is 2. The Kier molecular flexibility index (Phi) is 4.01. The number of urea groups is 1. The first kappa shape index (κ1) is 13.8. The molecule has 0 saturated carbocycles. The van der Waals surface area contributed by atoms with Gasteiger partial charge in [-0.15, -0.1) is 0 Å². The molecule has 0 aromatic heterocycles. The van der Waals surface area contributed by atoms with E-state index >= 15 is 0 Å². The number of rotatable bonds is 3. The van der Waals surface area contributed by atoms with E-state index in [1.807, 2.05) is 20.8 Å². The Morgan fingerprint density at radius 1 is 1.35 bits per heavy atom. The van der Waals surface area contributed by atoms with Gasteiger partial charge in [-0.05, 0) is 32.6 Å². The van der Waals surface area contributed by atoms with Crippen LogP contribution in [-0.4, -0.2) is 40.1 Å². The van der Waals surface area contributed by atoms with Crippen LogP contribution in [0.25, 0.3) is 0 Å². The fourth-order valence-corrected chi connectivity index (χ4v) is 1.95. The highest BCUT2D eigenvalue weighted by atomic mass is 16.4. The number of aliphatic carboxylic acids is 1. The summed E-state index contributed by atoms with van der Waals surface area (Å²) in [5, 5.41) is 12.1. The third kappa shape index (κ3) is 2.70. The van der Waals surface area contributed by atoms with Gasteiger partial charge in [0.05, 0.1) is 0 Å². The molecule has 1 fully saturated rings. The lowest BCUT2D eigenvalue weighted by atomic mass is 9.99. The van der Waals surface area contributed by atoms with Crippen molar-refractivity contribution in [2.24, 2.45) is 5.92 Å². The molecule has 98 valence electrons. The van der Waals surface area contributed by atoms with Crippen LogP contribution >= 0.6 is 0 Å². The van der Waals surface area contributed by atoms with Gasteiger partial charge in [0.1, 0.15) is 5.54 Å². The monoisotopic (exact) mass is 242 g/mol. The predicted octanol–water partition coefficient (Wildman–Crippen LogP) is 1.68. The Hall–Kier alpha value is -1.26. The molecule has 1 heterocycles. The summed E-state index contributed by atoms with van der Waals surface area (Å²) in [6.07, 6.45) is 1.26. The van der Waals surface area contributed by atoms with Crippen molar-refractivity contribution in [2.75, 3.05) is 6.54 Å². The van der Waals surface area contributed by atoms with Gasteiger partial charge in [0, 0.05) is 12.6 Å². The van der Waals surface area contributed by atoms with Crippen molar-refractivity contribution in [2.45, 2.75) is 52.1 Å². The van der Waals surface area contributed by atoms with E-state index in [9.17, 15) is 14.7 Å². The van der Waals surface area contributed by atoms with Crippen LogP contribution in [0.5, 0.6) is 0 Å². The van der Waals surface area contributed by atoms with E-state index in [0.717, 1.165) is 6.42 Å². The number of carboxylic acids is 1. The van der Waals surface area contributed by atoms with E-state index in [4.69, 9.17) is 0 Å². The van der Waals surface area contributed by atoms with Gasteiger partial charge in [-0.3, -0.25) is 0 Å². The summed E-state index contributed by atoms with van der Waals surface area (Å²) in [6.45, 7) is 8.09. The van der Waals surface area contributed by atoms with Crippen molar-refractivity contribution >= 4 is 12.0 Å². The zero-order valence-corrected chi connectivity index (χ0v) is 11.0. The molecule has 0 aromatic rings. The SMILES string of the molecule is CC(C)C(C)NC(=O)N1CCCC1(C)C(=O)O. The highest BCUT2D eigenvalue weighted by Crippen LogP contribution is 2.29. The van der Waals surface area contributed by atoms with E-state index in [2.05, 4.69) is 5.32 Å². The smallest absolute Gasteiger partial charge is 0.329 e. The topological polar surface area (TPSA) is 69.6 Å². The molecule has 2 atom stereocenters. The Bertz CT molecular complexity index is 317. The summed E-state index contributed by atoms with van der Waals surface area (Å²) in [5.74, 6) is -0.597. The van der Waals surface area contributed by atoms with Crippen molar-refractivity contribution < 1.29 is 14.7 Å². The van der Waals surface area contributed by atoms with Crippen molar-refractivity contribution in [1.82, 2.24) is 10.2 Å². The molecular formula is C12H22N2O3. The first-order valence-corrected chi connectivity index (χ1v) is 6.10. The minimum atomic E-state index is -1.05.